The molecule has 18 heavy (non-hydrogen) atoms. The SMILES string of the molecule is CCCCC1OC(C)(OC)C(OC)C(=NO)C1=O. The summed E-state index contributed by atoms with van der Waals surface area (Å²) in [6.07, 6.45) is 0.900. The van der Waals surface area contributed by atoms with Crippen molar-refractivity contribution >= 4 is 11.5 Å². The summed E-state index contributed by atoms with van der Waals surface area (Å²) in [5, 5.41) is 12.1. The van der Waals surface area contributed by atoms with Gasteiger partial charge in [-0.15, -0.1) is 0 Å². The lowest BCUT2D eigenvalue weighted by atomic mass is 9.93. The van der Waals surface area contributed by atoms with E-state index in [1.54, 1.807) is 6.92 Å². The van der Waals surface area contributed by atoms with Gasteiger partial charge in [-0.2, -0.15) is 0 Å². The maximum atomic E-state index is 12.1. The van der Waals surface area contributed by atoms with Crippen molar-refractivity contribution < 1.29 is 24.2 Å². The third kappa shape index (κ3) is 2.71. The average Bonchev–Trinajstić information content (AvgIpc) is 2.38. The van der Waals surface area contributed by atoms with Crippen LogP contribution in [0.25, 0.3) is 0 Å². The monoisotopic (exact) mass is 259 g/mol. The molecule has 0 bridgehead atoms. The molecular formula is C12H21NO5. The second-order valence-electron chi connectivity index (χ2n) is 4.43. The van der Waals surface area contributed by atoms with Crippen LogP contribution in [0.3, 0.4) is 0 Å². The van der Waals surface area contributed by atoms with Crippen LogP contribution in [0.5, 0.6) is 0 Å². The number of nitrogens with zero attached hydrogens (tertiary/aromatic N) is 1. The van der Waals surface area contributed by atoms with Gasteiger partial charge in [0.25, 0.3) is 0 Å². The van der Waals surface area contributed by atoms with Crippen LogP contribution in [0, 0.1) is 0 Å². The second-order valence-corrected chi connectivity index (χ2v) is 4.43. The van der Waals surface area contributed by atoms with Gasteiger partial charge >= 0.3 is 0 Å². The second kappa shape index (κ2) is 6.26. The summed E-state index contributed by atoms with van der Waals surface area (Å²) in [6.45, 7) is 3.69. The molecule has 104 valence electrons. The highest BCUT2D eigenvalue weighted by Gasteiger charge is 2.51. The molecule has 6 heteroatoms. The number of hydrogen-bond acceptors (Lipinski definition) is 6. The molecule has 0 aromatic carbocycles. The Morgan fingerprint density at radius 3 is 2.61 bits per heavy atom. The number of carbonyl (C=O) groups is 1. The number of hydrogen-bond donors (Lipinski definition) is 1. The Kier molecular flexibility index (Phi) is 5.25. The van der Waals surface area contributed by atoms with Crippen molar-refractivity contribution in [2.75, 3.05) is 14.2 Å². The summed E-state index contributed by atoms with van der Waals surface area (Å²) in [6, 6.07) is 0. The Labute approximate surface area is 107 Å². The lowest BCUT2D eigenvalue weighted by Gasteiger charge is -2.41. The molecule has 0 aromatic rings. The van der Waals surface area contributed by atoms with E-state index in [2.05, 4.69) is 5.16 Å². The number of ether oxygens (including phenoxy) is 3. The van der Waals surface area contributed by atoms with E-state index in [9.17, 15) is 4.79 Å². The van der Waals surface area contributed by atoms with Crippen LogP contribution >= 0.6 is 0 Å². The Morgan fingerprint density at radius 2 is 2.17 bits per heavy atom. The van der Waals surface area contributed by atoms with Gasteiger partial charge in [-0.25, -0.2) is 0 Å². The van der Waals surface area contributed by atoms with Crippen molar-refractivity contribution in [2.45, 2.75) is 51.1 Å². The number of methoxy groups -OCH3 is 2. The minimum atomic E-state index is -1.12. The first kappa shape index (κ1) is 15.1. The Balaban J connectivity index is 2.99. The number of rotatable bonds is 5. The summed E-state index contributed by atoms with van der Waals surface area (Å²) in [7, 11) is 2.88. The molecule has 0 radical (unpaired) electrons. The molecule has 0 amide bonds. The predicted molar refractivity (Wildman–Crippen MR) is 64.8 cm³/mol. The lowest BCUT2D eigenvalue weighted by Crippen LogP contribution is -2.60. The molecule has 6 nitrogen and oxygen atoms in total. The smallest absolute Gasteiger partial charge is 0.212 e. The fraction of sp³-hybridized carbons (Fsp3) is 0.833. The average molecular weight is 259 g/mol. The molecule has 1 aliphatic rings. The van der Waals surface area contributed by atoms with E-state index in [1.807, 2.05) is 6.92 Å². The zero-order chi connectivity index (χ0) is 13.8. The standard InChI is InChI=1S/C12H21NO5/c1-5-6-7-8-10(14)9(13-15)11(16-3)12(2,17-4)18-8/h8,11,15H,5-7H2,1-4H3. The van der Waals surface area contributed by atoms with Gasteiger partial charge in [-0.05, 0) is 13.3 Å². The number of ketones is 1. The van der Waals surface area contributed by atoms with E-state index in [0.717, 1.165) is 12.8 Å². The highest BCUT2D eigenvalue weighted by atomic mass is 16.7. The number of unbranched alkanes of at least 4 members (excludes halogenated alkanes) is 1. The van der Waals surface area contributed by atoms with Crippen molar-refractivity contribution in [3.8, 4) is 0 Å². The number of oxime groups is 1. The largest absolute Gasteiger partial charge is 0.410 e. The van der Waals surface area contributed by atoms with Crippen LogP contribution in [-0.2, 0) is 19.0 Å². The Morgan fingerprint density at radius 1 is 1.50 bits per heavy atom. The number of Topliss-reactive ketones (excluding diaryl/α,β-unsaturated/α-hetero) is 1. The van der Waals surface area contributed by atoms with Crippen LogP contribution < -0.4 is 0 Å². The first-order chi connectivity index (χ1) is 8.53. The maximum Gasteiger partial charge on any atom is 0.212 e. The highest BCUT2D eigenvalue weighted by Crippen LogP contribution is 2.30. The summed E-state index contributed by atoms with van der Waals surface area (Å²) < 4.78 is 16.1. The van der Waals surface area contributed by atoms with E-state index in [-0.39, 0.29) is 11.5 Å². The first-order valence-corrected chi connectivity index (χ1v) is 6.06. The topological polar surface area (TPSA) is 77.3 Å². The first-order valence-electron chi connectivity index (χ1n) is 6.06. The van der Waals surface area contributed by atoms with Crippen LogP contribution in [-0.4, -0.2) is 48.9 Å². The van der Waals surface area contributed by atoms with Crippen molar-refractivity contribution in [3.63, 3.8) is 0 Å². The molecule has 1 saturated heterocycles. The van der Waals surface area contributed by atoms with Crippen LogP contribution in [0.4, 0.5) is 0 Å². The van der Waals surface area contributed by atoms with Gasteiger partial charge in [-0.1, -0.05) is 24.9 Å². The summed E-state index contributed by atoms with van der Waals surface area (Å²) >= 11 is 0. The fourth-order valence-corrected chi connectivity index (χ4v) is 2.10. The molecule has 0 saturated carbocycles. The van der Waals surface area contributed by atoms with Gasteiger partial charge in [-0.3, -0.25) is 4.79 Å². The molecule has 1 N–H and O–H groups in total. The Bertz CT molecular complexity index is 330. The molecule has 0 spiro atoms. The molecule has 1 heterocycles. The quantitative estimate of drug-likeness (QED) is 0.595. The van der Waals surface area contributed by atoms with Gasteiger partial charge in [0.2, 0.25) is 5.78 Å². The van der Waals surface area contributed by atoms with Crippen molar-refractivity contribution in [2.24, 2.45) is 5.16 Å². The van der Waals surface area contributed by atoms with Crippen molar-refractivity contribution in [1.29, 1.82) is 0 Å². The zero-order valence-corrected chi connectivity index (χ0v) is 11.3. The lowest BCUT2D eigenvalue weighted by molar-refractivity contribution is -0.273. The molecule has 0 aromatic heterocycles. The van der Waals surface area contributed by atoms with Crippen LogP contribution in [0.2, 0.25) is 0 Å². The molecule has 1 aliphatic heterocycles. The minimum Gasteiger partial charge on any atom is -0.410 e. The number of carbonyl (C=O) groups excluding carboxylic acids is 1. The van der Waals surface area contributed by atoms with E-state index < -0.39 is 18.0 Å². The van der Waals surface area contributed by atoms with Gasteiger partial charge < -0.3 is 19.4 Å². The molecule has 1 fully saturated rings. The van der Waals surface area contributed by atoms with E-state index >= 15 is 0 Å². The van der Waals surface area contributed by atoms with Gasteiger partial charge in [0.1, 0.15) is 6.10 Å². The molecular weight excluding hydrogens is 238 g/mol. The highest BCUT2D eigenvalue weighted by molar-refractivity contribution is 6.43. The third-order valence-corrected chi connectivity index (χ3v) is 3.21. The van der Waals surface area contributed by atoms with Gasteiger partial charge in [0, 0.05) is 14.2 Å². The van der Waals surface area contributed by atoms with Crippen molar-refractivity contribution in [3.05, 3.63) is 0 Å². The third-order valence-electron chi connectivity index (χ3n) is 3.21. The van der Waals surface area contributed by atoms with Crippen molar-refractivity contribution in [1.82, 2.24) is 0 Å². The minimum absolute atomic E-state index is 0.0470. The van der Waals surface area contributed by atoms with Crippen LogP contribution in [0.1, 0.15) is 33.1 Å². The normalized spacial score (nSPS) is 35.1. The van der Waals surface area contributed by atoms with E-state index in [0.29, 0.717) is 6.42 Å². The zero-order valence-electron chi connectivity index (χ0n) is 11.3. The predicted octanol–water partition coefficient (Wildman–Crippen LogP) is 1.35. The summed E-state index contributed by atoms with van der Waals surface area (Å²) in [4.78, 5) is 12.1. The Hall–Kier alpha value is -0.980. The fourth-order valence-electron chi connectivity index (χ4n) is 2.10. The molecule has 1 rings (SSSR count). The van der Waals surface area contributed by atoms with Gasteiger partial charge in [0.15, 0.2) is 17.6 Å². The van der Waals surface area contributed by atoms with E-state index in [1.165, 1.54) is 14.2 Å². The molecule has 3 unspecified atom stereocenters. The van der Waals surface area contributed by atoms with Crippen LogP contribution in [0.15, 0.2) is 5.16 Å². The molecule has 0 aliphatic carbocycles. The van der Waals surface area contributed by atoms with E-state index in [4.69, 9.17) is 19.4 Å². The summed E-state index contributed by atoms with van der Waals surface area (Å²) in [5.74, 6) is -1.46. The summed E-state index contributed by atoms with van der Waals surface area (Å²) in [5.41, 5.74) is -0.0470. The van der Waals surface area contributed by atoms with Gasteiger partial charge in [0.05, 0.1) is 0 Å². The maximum absolute atomic E-state index is 12.1. The molecule has 3 atom stereocenters.